The van der Waals surface area contributed by atoms with Crippen molar-refractivity contribution in [3.63, 3.8) is 0 Å². The van der Waals surface area contributed by atoms with Gasteiger partial charge in [-0.3, -0.25) is 0 Å². The smallest absolute Gasteiger partial charge is 0.0622 e. The number of nitrogens with one attached hydrogen (secondary N) is 1. The highest BCUT2D eigenvalue weighted by atomic mass is 16.5. The summed E-state index contributed by atoms with van der Waals surface area (Å²) in [5.41, 5.74) is 1.48. The summed E-state index contributed by atoms with van der Waals surface area (Å²) in [6, 6.07) is 11.3. The third-order valence-electron chi connectivity index (χ3n) is 3.60. The summed E-state index contributed by atoms with van der Waals surface area (Å²) in [6.45, 7) is 3.87. The fourth-order valence-electron chi connectivity index (χ4n) is 2.52. The molecular formula is C15H23NO. The largest absolute Gasteiger partial charge is 0.380 e. The molecule has 17 heavy (non-hydrogen) atoms. The van der Waals surface area contributed by atoms with Crippen LogP contribution in [0.5, 0.6) is 0 Å². The zero-order valence-corrected chi connectivity index (χ0v) is 10.9. The zero-order valence-electron chi connectivity index (χ0n) is 10.9. The van der Waals surface area contributed by atoms with Gasteiger partial charge in [-0.25, -0.2) is 0 Å². The van der Waals surface area contributed by atoms with E-state index in [9.17, 15) is 0 Å². The summed E-state index contributed by atoms with van der Waals surface area (Å²) in [5.74, 6) is 1.48. The Kier molecular flexibility index (Phi) is 4.57. The molecule has 0 aliphatic heterocycles. The van der Waals surface area contributed by atoms with Gasteiger partial charge in [0, 0.05) is 12.6 Å². The van der Waals surface area contributed by atoms with Gasteiger partial charge in [-0.15, -0.1) is 0 Å². The molecule has 1 fully saturated rings. The molecular weight excluding hydrogens is 210 g/mol. The third kappa shape index (κ3) is 3.30. The van der Waals surface area contributed by atoms with Gasteiger partial charge in [0.05, 0.1) is 6.61 Å². The van der Waals surface area contributed by atoms with Gasteiger partial charge in [-0.2, -0.15) is 0 Å². The monoisotopic (exact) mass is 233 g/mol. The fraction of sp³-hybridized carbons (Fsp3) is 0.600. The first-order valence-corrected chi connectivity index (χ1v) is 6.66. The molecule has 2 nitrogen and oxygen atoms in total. The predicted octanol–water partition coefficient (Wildman–Crippen LogP) is 2.80. The summed E-state index contributed by atoms with van der Waals surface area (Å²) < 4.78 is 5.66. The summed E-state index contributed by atoms with van der Waals surface area (Å²) in [5, 5.41) is 3.40. The Morgan fingerprint density at radius 3 is 2.76 bits per heavy atom. The SMILES string of the molecule is CCCOCC(NC)C1CC1c1ccccc1. The molecule has 1 N–H and O–H groups in total. The van der Waals surface area contributed by atoms with E-state index in [2.05, 4.69) is 42.6 Å². The molecule has 0 radical (unpaired) electrons. The van der Waals surface area contributed by atoms with Crippen LogP contribution in [0.25, 0.3) is 0 Å². The van der Waals surface area contributed by atoms with Gasteiger partial charge >= 0.3 is 0 Å². The molecule has 1 aromatic carbocycles. The Morgan fingerprint density at radius 2 is 2.12 bits per heavy atom. The molecule has 0 saturated heterocycles. The van der Waals surface area contributed by atoms with E-state index in [0.29, 0.717) is 6.04 Å². The lowest BCUT2D eigenvalue weighted by molar-refractivity contribution is 0.107. The lowest BCUT2D eigenvalue weighted by Gasteiger charge is -2.16. The maximum Gasteiger partial charge on any atom is 0.0622 e. The first-order valence-electron chi connectivity index (χ1n) is 6.66. The number of hydrogen-bond acceptors (Lipinski definition) is 2. The van der Waals surface area contributed by atoms with E-state index in [1.165, 1.54) is 12.0 Å². The van der Waals surface area contributed by atoms with E-state index in [4.69, 9.17) is 4.74 Å². The van der Waals surface area contributed by atoms with Crippen molar-refractivity contribution in [3.05, 3.63) is 35.9 Å². The molecule has 1 aliphatic rings. The molecule has 2 rings (SSSR count). The van der Waals surface area contributed by atoms with Crippen molar-refractivity contribution < 1.29 is 4.74 Å². The molecule has 0 aromatic heterocycles. The topological polar surface area (TPSA) is 21.3 Å². The molecule has 3 atom stereocenters. The minimum Gasteiger partial charge on any atom is -0.380 e. The second-order valence-electron chi connectivity index (χ2n) is 4.89. The van der Waals surface area contributed by atoms with E-state index < -0.39 is 0 Å². The van der Waals surface area contributed by atoms with Crippen LogP contribution < -0.4 is 5.32 Å². The molecule has 1 aliphatic carbocycles. The first kappa shape index (κ1) is 12.6. The number of benzene rings is 1. The van der Waals surface area contributed by atoms with E-state index in [1.54, 1.807) is 0 Å². The molecule has 94 valence electrons. The van der Waals surface area contributed by atoms with Gasteiger partial charge in [0.15, 0.2) is 0 Å². The highest BCUT2D eigenvalue weighted by Crippen LogP contribution is 2.49. The van der Waals surface area contributed by atoms with Crippen molar-refractivity contribution in [2.24, 2.45) is 5.92 Å². The normalized spacial score (nSPS) is 24.6. The molecule has 0 spiro atoms. The third-order valence-corrected chi connectivity index (χ3v) is 3.60. The van der Waals surface area contributed by atoms with Gasteiger partial charge in [0.25, 0.3) is 0 Å². The molecule has 1 aromatic rings. The van der Waals surface area contributed by atoms with E-state index in [-0.39, 0.29) is 0 Å². The second kappa shape index (κ2) is 6.18. The van der Waals surface area contributed by atoms with Crippen molar-refractivity contribution in [2.45, 2.75) is 31.7 Å². The maximum atomic E-state index is 5.66. The second-order valence-corrected chi connectivity index (χ2v) is 4.89. The predicted molar refractivity (Wildman–Crippen MR) is 71.2 cm³/mol. The van der Waals surface area contributed by atoms with Crippen LogP contribution >= 0.6 is 0 Å². The van der Waals surface area contributed by atoms with Crippen LogP contribution in [0.1, 0.15) is 31.2 Å². The zero-order chi connectivity index (χ0) is 12.1. The van der Waals surface area contributed by atoms with E-state index >= 15 is 0 Å². The minimum atomic E-state index is 0.506. The number of likely N-dealkylation sites (N-methyl/N-ethyl adjacent to an activating group) is 1. The van der Waals surface area contributed by atoms with Crippen LogP contribution in [0.2, 0.25) is 0 Å². The number of hydrogen-bond donors (Lipinski definition) is 1. The molecule has 2 heteroatoms. The highest BCUT2D eigenvalue weighted by Gasteiger charge is 2.43. The summed E-state index contributed by atoms with van der Waals surface area (Å²) in [6.07, 6.45) is 2.40. The van der Waals surface area contributed by atoms with Crippen LogP contribution in [-0.2, 0) is 4.74 Å². The molecule has 0 bridgehead atoms. The standard InChI is InChI=1S/C15H23NO/c1-3-9-17-11-15(16-2)14-10-13(14)12-7-5-4-6-8-12/h4-8,13-16H,3,9-11H2,1-2H3. The van der Waals surface area contributed by atoms with Crippen molar-refractivity contribution in [1.29, 1.82) is 0 Å². The maximum absolute atomic E-state index is 5.66. The van der Waals surface area contributed by atoms with Crippen LogP contribution in [0, 0.1) is 5.92 Å². The lowest BCUT2D eigenvalue weighted by Crippen LogP contribution is -2.33. The van der Waals surface area contributed by atoms with Gasteiger partial charge in [0.2, 0.25) is 0 Å². The molecule has 1 saturated carbocycles. The quantitative estimate of drug-likeness (QED) is 0.731. The minimum absolute atomic E-state index is 0.506. The van der Waals surface area contributed by atoms with Crippen LogP contribution in [-0.4, -0.2) is 26.3 Å². The highest BCUT2D eigenvalue weighted by molar-refractivity contribution is 5.26. The fourth-order valence-corrected chi connectivity index (χ4v) is 2.52. The number of ether oxygens (including phenoxy) is 1. The van der Waals surface area contributed by atoms with Gasteiger partial charge < -0.3 is 10.1 Å². The van der Waals surface area contributed by atoms with E-state index in [0.717, 1.165) is 31.5 Å². The van der Waals surface area contributed by atoms with Gasteiger partial charge in [-0.05, 0) is 37.3 Å². The average molecular weight is 233 g/mol. The number of rotatable bonds is 7. The van der Waals surface area contributed by atoms with E-state index in [1.807, 2.05) is 7.05 Å². The van der Waals surface area contributed by atoms with Gasteiger partial charge in [-0.1, -0.05) is 37.3 Å². The van der Waals surface area contributed by atoms with Crippen LogP contribution in [0.3, 0.4) is 0 Å². The van der Waals surface area contributed by atoms with Crippen LogP contribution in [0.4, 0.5) is 0 Å². The first-order chi connectivity index (χ1) is 8.36. The lowest BCUT2D eigenvalue weighted by atomic mass is 10.1. The van der Waals surface area contributed by atoms with Crippen molar-refractivity contribution in [3.8, 4) is 0 Å². The summed E-state index contributed by atoms with van der Waals surface area (Å²) >= 11 is 0. The average Bonchev–Trinajstić information content (AvgIpc) is 3.16. The van der Waals surface area contributed by atoms with Crippen molar-refractivity contribution >= 4 is 0 Å². The van der Waals surface area contributed by atoms with Gasteiger partial charge in [0.1, 0.15) is 0 Å². The Bertz CT molecular complexity index is 325. The van der Waals surface area contributed by atoms with Crippen molar-refractivity contribution in [1.82, 2.24) is 5.32 Å². The molecule has 0 amide bonds. The Labute approximate surface area is 104 Å². The molecule has 3 unspecified atom stereocenters. The Balaban J connectivity index is 1.83. The van der Waals surface area contributed by atoms with Crippen LogP contribution in [0.15, 0.2) is 30.3 Å². The Morgan fingerprint density at radius 1 is 1.35 bits per heavy atom. The summed E-state index contributed by atoms with van der Waals surface area (Å²) in [4.78, 5) is 0. The summed E-state index contributed by atoms with van der Waals surface area (Å²) in [7, 11) is 2.04. The molecule has 0 heterocycles. The Hall–Kier alpha value is -0.860. The van der Waals surface area contributed by atoms with Crippen molar-refractivity contribution in [2.75, 3.05) is 20.3 Å².